The maximum absolute atomic E-state index is 8.98. The van der Waals surface area contributed by atoms with E-state index in [1.165, 1.54) is 0 Å². The van der Waals surface area contributed by atoms with E-state index in [2.05, 4.69) is 6.92 Å². The van der Waals surface area contributed by atoms with Gasteiger partial charge in [0.1, 0.15) is 5.75 Å². The van der Waals surface area contributed by atoms with E-state index in [0.717, 1.165) is 17.7 Å². The van der Waals surface area contributed by atoms with Crippen LogP contribution in [0.3, 0.4) is 0 Å². The van der Waals surface area contributed by atoms with Crippen molar-refractivity contribution in [2.24, 2.45) is 0 Å². The third-order valence-electron chi connectivity index (χ3n) is 2.97. The molecule has 1 unspecified atom stereocenters. The second-order valence-corrected chi connectivity index (χ2v) is 5.16. The summed E-state index contributed by atoms with van der Waals surface area (Å²) in [7, 11) is 0. The summed E-state index contributed by atoms with van der Waals surface area (Å²) in [5.74, 6) is 0.849. The van der Waals surface area contributed by atoms with E-state index in [1.807, 2.05) is 29.2 Å². The zero-order valence-corrected chi connectivity index (χ0v) is 12.7. The molecule has 1 atom stereocenters. The molecule has 0 aliphatic carbocycles. The minimum atomic E-state index is -0.173. The average molecular weight is 302 g/mol. The smallest absolute Gasteiger partial charge is 0.119 e. The Balaban J connectivity index is 2.54. The highest BCUT2D eigenvalue weighted by Gasteiger charge is 2.13. The Hall–Kier alpha value is -0.810. The summed E-state index contributed by atoms with van der Waals surface area (Å²) in [6.07, 6.45) is 0.983. The summed E-state index contributed by atoms with van der Waals surface area (Å²) >= 11 is 6.38. The van der Waals surface area contributed by atoms with Crippen molar-refractivity contribution < 1.29 is 14.9 Å². The number of hydrogen-bond donors (Lipinski definition) is 2. The van der Waals surface area contributed by atoms with Crippen molar-refractivity contribution in [2.45, 2.75) is 18.7 Å². The van der Waals surface area contributed by atoms with Crippen molar-refractivity contribution in [3.63, 3.8) is 0 Å². The van der Waals surface area contributed by atoms with Crippen LogP contribution in [0.15, 0.2) is 24.3 Å². The van der Waals surface area contributed by atoms with Crippen LogP contribution in [0.25, 0.3) is 0 Å². The minimum Gasteiger partial charge on any atom is -0.494 e. The van der Waals surface area contributed by atoms with Gasteiger partial charge in [-0.05, 0) is 24.1 Å². The van der Waals surface area contributed by atoms with E-state index in [4.69, 9.17) is 26.6 Å². The maximum atomic E-state index is 8.98. The molecule has 0 aliphatic heterocycles. The van der Waals surface area contributed by atoms with Crippen molar-refractivity contribution >= 4 is 11.6 Å². The highest BCUT2D eigenvalue weighted by molar-refractivity contribution is 6.21. The topological polar surface area (TPSA) is 52.9 Å². The number of rotatable bonds is 10. The van der Waals surface area contributed by atoms with Crippen LogP contribution in [0.2, 0.25) is 0 Å². The Bertz CT molecular complexity index is 353. The second-order valence-electron chi connectivity index (χ2n) is 4.63. The van der Waals surface area contributed by atoms with Gasteiger partial charge in [-0.3, -0.25) is 4.90 Å². The van der Waals surface area contributed by atoms with E-state index >= 15 is 0 Å². The molecule has 2 N–H and O–H groups in total. The number of aliphatic hydroxyl groups is 2. The normalized spacial score (nSPS) is 12.7. The van der Waals surface area contributed by atoms with Crippen molar-refractivity contribution in [2.75, 3.05) is 39.5 Å². The molecule has 0 radical (unpaired) electrons. The largest absolute Gasteiger partial charge is 0.494 e. The molecule has 1 aromatic rings. The predicted molar refractivity (Wildman–Crippen MR) is 81.4 cm³/mol. The lowest BCUT2D eigenvalue weighted by molar-refractivity contribution is 0.161. The average Bonchev–Trinajstić information content (AvgIpc) is 2.46. The molecule has 0 aromatic heterocycles. The van der Waals surface area contributed by atoms with Crippen molar-refractivity contribution in [3.8, 4) is 5.75 Å². The lowest BCUT2D eigenvalue weighted by atomic mass is 10.1. The first-order valence-corrected chi connectivity index (χ1v) is 7.45. The molecular formula is C15H24ClNO3. The van der Waals surface area contributed by atoms with E-state index in [0.29, 0.717) is 26.2 Å². The fraction of sp³-hybridized carbons (Fsp3) is 0.600. The lowest BCUT2D eigenvalue weighted by Crippen LogP contribution is -2.32. The number of aliphatic hydroxyl groups excluding tert-OH is 2. The highest BCUT2D eigenvalue weighted by Crippen LogP contribution is 2.24. The third-order valence-corrected chi connectivity index (χ3v) is 3.36. The van der Waals surface area contributed by atoms with Gasteiger partial charge >= 0.3 is 0 Å². The van der Waals surface area contributed by atoms with Crippen LogP contribution < -0.4 is 4.74 Å². The molecule has 0 amide bonds. The van der Waals surface area contributed by atoms with Gasteiger partial charge in [0.05, 0.1) is 25.2 Å². The van der Waals surface area contributed by atoms with E-state index in [9.17, 15) is 0 Å². The SMILES string of the molecule is CCCOc1ccc(C(Cl)CN(CCO)CCO)cc1. The molecule has 1 aromatic carbocycles. The third kappa shape index (κ3) is 6.09. The van der Waals surface area contributed by atoms with Crippen LogP contribution in [0.5, 0.6) is 5.75 Å². The van der Waals surface area contributed by atoms with Gasteiger partial charge in [-0.25, -0.2) is 0 Å². The summed E-state index contributed by atoms with van der Waals surface area (Å²) in [5, 5.41) is 17.8. The standard InChI is InChI=1S/C15H24ClNO3/c1-2-11-20-14-5-3-13(4-6-14)15(16)12-17(7-9-18)8-10-19/h3-6,15,18-19H,2,7-12H2,1H3. The molecule has 0 aliphatic rings. The molecule has 0 heterocycles. The first-order chi connectivity index (χ1) is 9.71. The van der Waals surface area contributed by atoms with Gasteiger partial charge in [-0.1, -0.05) is 19.1 Å². The number of halogens is 1. The van der Waals surface area contributed by atoms with E-state index < -0.39 is 0 Å². The molecule has 0 bridgehead atoms. The first-order valence-electron chi connectivity index (χ1n) is 7.02. The van der Waals surface area contributed by atoms with Gasteiger partial charge in [0.25, 0.3) is 0 Å². The quantitative estimate of drug-likeness (QED) is 0.649. The fourth-order valence-electron chi connectivity index (χ4n) is 1.90. The van der Waals surface area contributed by atoms with Gasteiger partial charge in [0.2, 0.25) is 0 Å². The van der Waals surface area contributed by atoms with Gasteiger partial charge in [-0.15, -0.1) is 11.6 Å². The van der Waals surface area contributed by atoms with E-state index in [-0.39, 0.29) is 18.6 Å². The number of benzene rings is 1. The van der Waals surface area contributed by atoms with Crippen LogP contribution in [-0.2, 0) is 0 Å². The van der Waals surface area contributed by atoms with Crippen LogP contribution in [0.4, 0.5) is 0 Å². The van der Waals surface area contributed by atoms with Crippen molar-refractivity contribution in [1.82, 2.24) is 4.90 Å². The van der Waals surface area contributed by atoms with Crippen LogP contribution in [0, 0.1) is 0 Å². The van der Waals surface area contributed by atoms with Crippen LogP contribution in [0.1, 0.15) is 24.3 Å². The Kier molecular flexibility index (Phi) is 8.62. The van der Waals surface area contributed by atoms with Crippen LogP contribution in [-0.4, -0.2) is 54.6 Å². The highest BCUT2D eigenvalue weighted by atomic mass is 35.5. The van der Waals surface area contributed by atoms with Gasteiger partial charge in [-0.2, -0.15) is 0 Å². The van der Waals surface area contributed by atoms with Crippen molar-refractivity contribution in [3.05, 3.63) is 29.8 Å². The number of hydrogen-bond acceptors (Lipinski definition) is 4. The predicted octanol–water partition coefficient (Wildman–Crippen LogP) is 2.04. The molecule has 5 heteroatoms. The molecule has 0 saturated carbocycles. The van der Waals surface area contributed by atoms with Gasteiger partial charge in [0, 0.05) is 19.6 Å². The molecule has 0 saturated heterocycles. The van der Waals surface area contributed by atoms with Gasteiger partial charge in [0.15, 0.2) is 0 Å². The molecule has 0 spiro atoms. The molecule has 4 nitrogen and oxygen atoms in total. The monoisotopic (exact) mass is 301 g/mol. The van der Waals surface area contributed by atoms with Gasteiger partial charge < -0.3 is 14.9 Å². The first kappa shape index (κ1) is 17.2. The number of nitrogens with zero attached hydrogens (tertiary/aromatic N) is 1. The fourth-order valence-corrected chi connectivity index (χ4v) is 2.24. The Labute approximate surface area is 125 Å². The zero-order chi connectivity index (χ0) is 14.8. The molecule has 20 heavy (non-hydrogen) atoms. The number of alkyl halides is 1. The molecule has 0 fully saturated rings. The Morgan fingerprint density at radius 2 is 1.75 bits per heavy atom. The summed E-state index contributed by atoms with van der Waals surface area (Å²) in [5.41, 5.74) is 1.01. The lowest BCUT2D eigenvalue weighted by Gasteiger charge is -2.23. The van der Waals surface area contributed by atoms with Crippen LogP contribution >= 0.6 is 11.6 Å². The molecule has 1 rings (SSSR count). The Morgan fingerprint density at radius 1 is 1.15 bits per heavy atom. The number of ether oxygens (including phenoxy) is 1. The summed E-state index contributed by atoms with van der Waals surface area (Å²) in [6, 6.07) is 7.75. The summed E-state index contributed by atoms with van der Waals surface area (Å²) in [4.78, 5) is 1.94. The Morgan fingerprint density at radius 3 is 2.25 bits per heavy atom. The summed E-state index contributed by atoms with van der Waals surface area (Å²) < 4.78 is 5.53. The van der Waals surface area contributed by atoms with E-state index in [1.54, 1.807) is 0 Å². The minimum absolute atomic E-state index is 0.0629. The maximum Gasteiger partial charge on any atom is 0.119 e. The van der Waals surface area contributed by atoms with Crippen molar-refractivity contribution in [1.29, 1.82) is 0 Å². The molecular weight excluding hydrogens is 278 g/mol. The second kappa shape index (κ2) is 10.00. The zero-order valence-electron chi connectivity index (χ0n) is 12.0. The summed E-state index contributed by atoms with van der Waals surface area (Å²) in [6.45, 7) is 4.53. The molecule has 114 valence electrons.